The topological polar surface area (TPSA) is 69.7 Å². The fourth-order valence-electron chi connectivity index (χ4n) is 2.51. The van der Waals surface area contributed by atoms with E-state index in [1.807, 2.05) is 19.0 Å². The van der Waals surface area contributed by atoms with Crippen LogP contribution in [0.3, 0.4) is 0 Å². The van der Waals surface area contributed by atoms with Gasteiger partial charge in [0, 0.05) is 13.6 Å². The van der Waals surface area contributed by atoms with Gasteiger partial charge in [-0.1, -0.05) is 30.3 Å². The van der Waals surface area contributed by atoms with E-state index in [-0.39, 0.29) is 10.8 Å². The Morgan fingerprint density at radius 3 is 2.23 bits per heavy atom. The molecule has 2 rings (SSSR count). The maximum Gasteiger partial charge on any atom is 0.264 e. The summed E-state index contributed by atoms with van der Waals surface area (Å²) < 4.78 is 26.8. The number of anilines is 1. The van der Waals surface area contributed by atoms with E-state index in [0.717, 1.165) is 17.3 Å². The van der Waals surface area contributed by atoms with Gasteiger partial charge in [0.25, 0.3) is 15.9 Å². The molecule has 0 saturated carbocycles. The van der Waals surface area contributed by atoms with E-state index < -0.39 is 10.0 Å². The third kappa shape index (κ3) is 4.83. The van der Waals surface area contributed by atoms with Crippen LogP contribution in [0.2, 0.25) is 0 Å². The number of carbonyl (C=O) groups excluding carboxylic acids is 1. The molecule has 0 atom stereocenters. The van der Waals surface area contributed by atoms with E-state index in [0.29, 0.717) is 17.8 Å². The molecule has 6 nitrogen and oxygen atoms in total. The number of amides is 1. The summed E-state index contributed by atoms with van der Waals surface area (Å²) in [7, 11) is 1.67. The predicted molar refractivity (Wildman–Crippen MR) is 104 cm³/mol. The van der Waals surface area contributed by atoms with Crippen molar-refractivity contribution in [2.24, 2.45) is 0 Å². The van der Waals surface area contributed by atoms with E-state index in [1.54, 1.807) is 42.5 Å². The Morgan fingerprint density at radius 1 is 0.962 bits per heavy atom. The Balaban J connectivity index is 2.21. The molecule has 0 aliphatic heterocycles. The van der Waals surface area contributed by atoms with Crippen LogP contribution in [0.15, 0.2) is 59.5 Å². The lowest BCUT2D eigenvalue weighted by molar-refractivity contribution is 0.0953. The van der Waals surface area contributed by atoms with Crippen LogP contribution >= 0.6 is 0 Å². The van der Waals surface area contributed by atoms with Crippen LogP contribution in [-0.4, -0.2) is 53.5 Å². The number of carbonyl (C=O) groups is 1. The van der Waals surface area contributed by atoms with E-state index in [1.165, 1.54) is 19.2 Å². The van der Waals surface area contributed by atoms with Crippen LogP contribution < -0.4 is 9.62 Å². The number of rotatable bonds is 8. The first-order chi connectivity index (χ1) is 12.3. The van der Waals surface area contributed by atoms with Crippen molar-refractivity contribution >= 4 is 21.6 Å². The lowest BCUT2D eigenvalue weighted by Crippen LogP contribution is -2.31. The number of benzene rings is 2. The Labute approximate surface area is 155 Å². The minimum Gasteiger partial charge on any atom is -0.352 e. The molecule has 0 aliphatic carbocycles. The third-order valence-corrected chi connectivity index (χ3v) is 5.74. The summed E-state index contributed by atoms with van der Waals surface area (Å²) in [5.41, 5.74) is 0.681. The van der Waals surface area contributed by atoms with Gasteiger partial charge in [-0.2, -0.15) is 0 Å². The standard InChI is InChI=1S/C19H25N3O3S/c1-21(2)15-9-14-20-19(23)17-12-7-8-13-18(17)22(3)26(24,25)16-10-5-4-6-11-16/h4-8,10-13H,9,14-15H2,1-3H3,(H,20,23). The van der Waals surface area contributed by atoms with Crippen molar-refractivity contribution in [1.82, 2.24) is 10.2 Å². The van der Waals surface area contributed by atoms with Gasteiger partial charge in [0.15, 0.2) is 0 Å². The highest BCUT2D eigenvalue weighted by Crippen LogP contribution is 2.25. The highest BCUT2D eigenvalue weighted by atomic mass is 32.2. The molecule has 1 N–H and O–H groups in total. The molecular weight excluding hydrogens is 350 g/mol. The molecule has 26 heavy (non-hydrogen) atoms. The van der Waals surface area contributed by atoms with E-state index in [9.17, 15) is 13.2 Å². The van der Waals surface area contributed by atoms with Crippen LogP contribution in [0.5, 0.6) is 0 Å². The average molecular weight is 375 g/mol. The lowest BCUT2D eigenvalue weighted by atomic mass is 10.1. The number of hydrogen-bond acceptors (Lipinski definition) is 4. The number of para-hydroxylation sites is 1. The largest absolute Gasteiger partial charge is 0.352 e. The minimum atomic E-state index is -3.74. The van der Waals surface area contributed by atoms with E-state index >= 15 is 0 Å². The molecule has 0 bridgehead atoms. The summed E-state index contributed by atoms with van der Waals surface area (Å²) in [5, 5.41) is 2.85. The first kappa shape index (κ1) is 19.9. The predicted octanol–water partition coefficient (Wildman–Crippen LogP) is 2.19. The normalized spacial score (nSPS) is 11.4. The summed E-state index contributed by atoms with van der Waals surface area (Å²) in [6.07, 6.45) is 0.819. The Kier molecular flexibility index (Phi) is 6.76. The molecule has 2 aromatic carbocycles. The quantitative estimate of drug-likeness (QED) is 0.718. The zero-order valence-corrected chi connectivity index (χ0v) is 16.2. The fourth-order valence-corrected chi connectivity index (χ4v) is 3.75. The van der Waals surface area contributed by atoms with E-state index in [4.69, 9.17) is 0 Å². The summed E-state index contributed by atoms with van der Waals surface area (Å²) in [6.45, 7) is 1.39. The van der Waals surface area contributed by atoms with Gasteiger partial charge in [-0.05, 0) is 51.3 Å². The average Bonchev–Trinajstić information content (AvgIpc) is 2.65. The smallest absolute Gasteiger partial charge is 0.264 e. The van der Waals surface area contributed by atoms with Crippen molar-refractivity contribution in [1.29, 1.82) is 0 Å². The molecule has 0 aromatic heterocycles. The Morgan fingerprint density at radius 2 is 1.58 bits per heavy atom. The lowest BCUT2D eigenvalue weighted by Gasteiger charge is -2.22. The highest BCUT2D eigenvalue weighted by Gasteiger charge is 2.24. The molecule has 0 fully saturated rings. The molecule has 7 heteroatoms. The molecule has 0 spiro atoms. The second-order valence-electron chi connectivity index (χ2n) is 6.22. The molecule has 0 radical (unpaired) electrons. The first-order valence-corrected chi connectivity index (χ1v) is 9.84. The fraction of sp³-hybridized carbons (Fsp3) is 0.316. The zero-order chi connectivity index (χ0) is 19.2. The molecule has 2 aromatic rings. The van der Waals surface area contributed by atoms with Crippen molar-refractivity contribution in [3.8, 4) is 0 Å². The van der Waals surface area contributed by atoms with Crippen molar-refractivity contribution in [2.45, 2.75) is 11.3 Å². The second kappa shape index (κ2) is 8.82. The van der Waals surface area contributed by atoms with Crippen LogP contribution in [-0.2, 0) is 10.0 Å². The molecular formula is C19H25N3O3S. The number of hydrogen-bond donors (Lipinski definition) is 1. The summed E-state index contributed by atoms with van der Waals surface area (Å²) in [5.74, 6) is -0.283. The maximum absolute atomic E-state index is 12.8. The highest BCUT2D eigenvalue weighted by molar-refractivity contribution is 7.92. The van der Waals surface area contributed by atoms with Gasteiger partial charge in [0.1, 0.15) is 0 Å². The third-order valence-electron chi connectivity index (χ3n) is 3.96. The maximum atomic E-state index is 12.8. The molecule has 0 heterocycles. The monoisotopic (exact) mass is 375 g/mol. The van der Waals surface area contributed by atoms with Gasteiger partial charge in [-0.15, -0.1) is 0 Å². The number of sulfonamides is 1. The van der Waals surface area contributed by atoms with Crippen LogP contribution in [0.4, 0.5) is 5.69 Å². The SMILES string of the molecule is CN(C)CCCNC(=O)c1ccccc1N(C)S(=O)(=O)c1ccccc1. The van der Waals surface area contributed by atoms with Crippen molar-refractivity contribution in [3.63, 3.8) is 0 Å². The van der Waals surface area contributed by atoms with Crippen LogP contribution in [0, 0.1) is 0 Å². The van der Waals surface area contributed by atoms with Gasteiger partial charge in [0.05, 0.1) is 16.1 Å². The van der Waals surface area contributed by atoms with Crippen molar-refractivity contribution < 1.29 is 13.2 Å². The van der Waals surface area contributed by atoms with Gasteiger partial charge in [-0.3, -0.25) is 9.10 Å². The number of nitrogens with zero attached hydrogens (tertiary/aromatic N) is 2. The summed E-state index contributed by atoms with van der Waals surface area (Å²) in [4.78, 5) is 14.8. The molecule has 0 aliphatic rings. The van der Waals surface area contributed by atoms with Gasteiger partial charge in [0.2, 0.25) is 0 Å². The van der Waals surface area contributed by atoms with Gasteiger partial charge >= 0.3 is 0 Å². The van der Waals surface area contributed by atoms with E-state index in [2.05, 4.69) is 5.32 Å². The van der Waals surface area contributed by atoms with Gasteiger partial charge < -0.3 is 10.2 Å². The summed E-state index contributed by atoms with van der Waals surface area (Å²) >= 11 is 0. The van der Waals surface area contributed by atoms with Crippen molar-refractivity contribution in [3.05, 3.63) is 60.2 Å². The second-order valence-corrected chi connectivity index (χ2v) is 8.18. The first-order valence-electron chi connectivity index (χ1n) is 8.40. The molecule has 0 saturated heterocycles. The Hall–Kier alpha value is -2.38. The van der Waals surface area contributed by atoms with Crippen LogP contribution in [0.25, 0.3) is 0 Å². The minimum absolute atomic E-state index is 0.184. The zero-order valence-electron chi connectivity index (χ0n) is 15.3. The molecule has 1 amide bonds. The summed E-state index contributed by atoms with van der Waals surface area (Å²) in [6, 6.07) is 14.9. The Bertz CT molecular complexity index is 836. The molecule has 140 valence electrons. The van der Waals surface area contributed by atoms with Crippen LogP contribution in [0.1, 0.15) is 16.8 Å². The molecule has 0 unspecified atom stereocenters. The number of nitrogens with one attached hydrogen (secondary N) is 1. The van der Waals surface area contributed by atoms with Crippen molar-refractivity contribution in [2.75, 3.05) is 38.5 Å². The van der Waals surface area contributed by atoms with Gasteiger partial charge in [-0.25, -0.2) is 8.42 Å².